The van der Waals surface area contributed by atoms with Gasteiger partial charge in [0, 0.05) is 18.9 Å². The van der Waals surface area contributed by atoms with E-state index in [-0.39, 0.29) is 0 Å². The molecule has 4 heterocycles. The lowest BCUT2D eigenvalue weighted by atomic mass is 10.3. The molecule has 0 unspecified atom stereocenters. The number of aromatic nitrogens is 4. The average molecular weight is 313 g/mol. The first-order valence-electron chi connectivity index (χ1n) is 6.41. The highest BCUT2D eigenvalue weighted by atomic mass is 32.1. The molecule has 0 bridgehead atoms. The van der Waals surface area contributed by atoms with E-state index in [4.69, 9.17) is 0 Å². The summed E-state index contributed by atoms with van der Waals surface area (Å²) in [5.74, 6) is 0. The summed E-state index contributed by atoms with van der Waals surface area (Å²) >= 11 is 3.24. The monoisotopic (exact) mass is 313 g/mol. The predicted molar refractivity (Wildman–Crippen MR) is 85.7 cm³/mol. The highest BCUT2D eigenvalue weighted by Gasteiger charge is 2.11. The number of nitrogens with zero attached hydrogens (tertiary/aromatic N) is 4. The molecule has 0 aliphatic heterocycles. The van der Waals surface area contributed by atoms with Gasteiger partial charge in [-0.2, -0.15) is 0 Å². The number of hydrogen-bond acceptors (Lipinski definition) is 6. The summed E-state index contributed by atoms with van der Waals surface area (Å²) in [4.78, 5) is 10.6. The molecule has 0 saturated carbocycles. The van der Waals surface area contributed by atoms with Gasteiger partial charge in [0.05, 0.1) is 11.1 Å². The summed E-state index contributed by atoms with van der Waals surface area (Å²) in [7, 11) is 0. The summed E-state index contributed by atoms with van der Waals surface area (Å²) in [6.07, 6.45) is 5.49. The van der Waals surface area contributed by atoms with Gasteiger partial charge in [-0.15, -0.1) is 16.4 Å². The Hall–Kier alpha value is -2.25. The van der Waals surface area contributed by atoms with Gasteiger partial charge in [0.1, 0.15) is 5.69 Å². The molecule has 104 valence electrons. The van der Waals surface area contributed by atoms with Crippen LogP contribution in [0.15, 0.2) is 48.2 Å². The van der Waals surface area contributed by atoms with Crippen LogP contribution < -0.4 is 5.32 Å². The number of rotatable bonds is 4. The molecular weight excluding hydrogens is 302 g/mol. The van der Waals surface area contributed by atoms with Crippen molar-refractivity contribution in [3.63, 3.8) is 0 Å². The maximum Gasteiger partial charge on any atom is 0.214 e. The first kappa shape index (κ1) is 12.5. The van der Waals surface area contributed by atoms with Crippen LogP contribution in [0.25, 0.3) is 15.5 Å². The maximum atomic E-state index is 4.59. The molecule has 0 aliphatic carbocycles. The van der Waals surface area contributed by atoms with Crippen molar-refractivity contribution >= 4 is 32.8 Å². The van der Waals surface area contributed by atoms with Gasteiger partial charge in [-0.1, -0.05) is 23.5 Å². The number of thiophene rings is 1. The van der Waals surface area contributed by atoms with Crippen molar-refractivity contribution in [3.8, 4) is 10.6 Å². The first-order valence-corrected chi connectivity index (χ1v) is 8.11. The lowest BCUT2D eigenvalue weighted by molar-refractivity contribution is 0.968. The highest BCUT2D eigenvalue weighted by molar-refractivity contribution is 7.20. The molecule has 0 amide bonds. The van der Waals surface area contributed by atoms with E-state index in [0.29, 0.717) is 6.54 Å². The number of nitrogens with one attached hydrogen (secondary N) is 1. The largest absolute Gasteiger partial charge is 0.356 e. The molecule has 0 aromatic carbocycles. The summed E-state index contributed by atoms with van der Waals surface area (Å²) in [6.45, 7) is 0.707. The second kappa shape index (κ2) is 5.27. The lowest BCUT2D eigenvalue weighted by Crippen LogP contribution is -2.00. The topological polar surface area (TPSA) is 55.1 Å². The van der Waals surface area contributed by atoms with Crippen LogP contribution in [0.3, 0.4) is 0 Å². The van der Waals surface area contributed by atoms with Crippen LogP contribution >= 0.6 is 22.7 Å². The van der Waals surface area contributed by atoms with Crippen molar-refractivity contribution in [2.45, 2.75) is 6.54 Å². The van der Waals surface area contributed by atoms with E-state index in [1.165, 1.54) is 4.88 Å². The quantitative estimate of drug-likeness (QED) is 0.626. The van der Waals surface area contributed by atoms with E-state index in [0.717, 1.165) is 21.3 Å². The SMILES string of the molecule is c1cncc(CNc2nn3c(-c4cccs4)cnc3s2)c1. The second-order valence-corrected chi connectivity index (χ2v) is 6.34. The van der Waals surface area contributed by atoms with Crippen LogP contribution in [0.4, 0.5) is 5.13 Å². The fraction of sp³-hybridized carbons (Fsp3) is 0.0714. The Kier molecular flexibility index (Phi) is 3.13. The van der Waals surface area contributed by atoms with Crippen molar-refractivity contribution in [2.24, 2.45) is 0 Å². The van der Waals surface area contributed by atoms with E-state index < -0.39 is 0 Å². The standard InChI is InChI=1S/C14H11N5S2/c1-3-10(7-15-5-1)8-16-13-18-19-11(9-17-14(19)21-13)12-4-2-6-20-12/h1-7,9H,8H2,(H,16,18). The number of imidazole rings is 1. The van der Waals surface area contributed by atoms with Gasteiger partial charge in [-0.05, 0) is 23.1 Å². The van der Waals surface area contributed by atoms with E-state index >= 15 is 0 Å². The predicted octanol–water partition coefficient (Wildman–Crippen LogP) is 3.53. The van der Waals surface area contributed by atoms with Crippen molar-refractivity contribution in [1.82, 2.24) is 19.6 Å². The molecule has 5 nitrogen and oxygen atoms in total. The van der Waals surface area contributed by atoms with Crippen LogP contribution in [-0.4, -0.2) is 19.6 Å². The molecule has 21 heavy (non-hydrogen) atoms. The Morgan fingerprint density at radius 2 is 2.19 bits per heavy atom. The molecule has 4 rings (SSSR count). The van der Waals surface area contributed by atoms with Gasteiger partial charge in [-0.25, -0.2) is 9.50 Å². The summed E-state index contributed by atoms with van der Waals surface area (Å²) in [5, 5.41) is 10.8. The average Bonchev–Trinajstić information content (AvgIpc) is 3.22. The highest BCUT2D eigenvalue weighted by Crippen LogP contribution is 2.28. The third kappa shape index (κ3) is 2.41. The first-order chi connectivity index (χ1) is 10.4. The Bertz CT molecular complexity index is 848. The maximum absolute atomic E-state index is 4.59. The smallest absolute Gasteiger partial charge is 0.214 e. The minimum atomic E-state index is 0.707. The van der Waals surface area contributed by atoms with Gasteiger partial charge >= 0.3 is 0 Å². The molecule has 0 atom stereocenters. The van der Waals surface area contributed by atoms with Crippen LogP contribution in [0.5, 0.6) is 0 Å². The van der Waals surface area contributed by atoms with Crippen molar-refractivity contribution < 1.29 is 0 Å². The molecular formula is C14H11N5S2. The molecule has 0 aliphatic rings. The van der Waals surface area contributed by atoms with Crippen LogP contribution in [0.1, 0.15) is 5.56 Å². The van der Waals surface area contributed by atoms with Crippen LogP contribution in [0, 0.1) is 0 Å². The molecule has 7 heteroatoms. The van der Waals surface area contributed by atoms with Gasteiger partial charge in [0.15, 0.2) is 0 Å². The third-order valence-corrected chi connectivity index (χ3v) is 4.80. The lowest BCUT2D eigenvalue weighted by Gasteiger charge is -2.00. The third-order valence-electron chi connectivity index (χ3n) is 3.03. The Morgan fingerprint density at radius 1 is 1.19 bits per heavy atom. The van der Waals surface area contributed by atoms with Crippen molar-refractivity contribution in [2.75, 3.05) is 5.32 Å². The zero-order chi connectivity index (χ0) is 14.1. The van der Waals surface area contributed by atoms with E-state index in [1.54, 1.807) is 28.9 Å². The zero-order valence-electron chi connectivity index (χ0n) is 10.9. The van der Waals surface area contributed by atoms with E-state index in [2.05, 4.69) is 31.8 Å². The fourth-order valence-corrected chi connectivity index (χ4v) is 3.53. The molecule has 0 spiro atoms. The summed E-state index contributed by atoms with van der Waals surface area (Å²) in [5.41, 5.74) is 2.16. The van der Waals surface area contributed by atoms with Crippen LogP contribution in [0.2, 0.25) is 0 Å². The van der Waals surface area contributed by atoms with Gasteiger partial charge in [0.25, 0.3) is 0 Å². The zero-order valence-corrected chi connectivity index (χ0v) is 12.6. The molecule has 4 aromatic rings. The van der Waals surface area contributed by atoms with E-state index in [9.17, 15) is 0 Å². The molecule has 0 fully saturated rings. The minimum absolute atomic E-state index is 0.707. The second-order valence-electron chi connectivity index (χ2n) is 4.44. The Balaban J connectivity index is 1.60. The van der Waals surface area contributed by atoms with Gasteiger partial charge in [-0.3, -0.25) is 4.98 Å². The number of hydrogen-bond donors (Lipinski definition) is 1. The van der Waals surface area contributed by atoms with Gasteiger partial charge < -0.3 is 5.32 Å². The van der Waals surface area contributed by atoms with Crippen molar-refractivity contribution in [1.29, 1.82) is 0 Å². The Morgan fingerprint density at radius 3 is 3.00 bits per heavy atom. The summed E-state index contributed by atoms with van der Waals surface area (Å²) < 4.78 is 1.89. The minimum Gasteiger partial charge on any atom is -0.356 e. The van der Waals surface area contributed by atoms with E-state index in [1.807, 2.05) is 35.1 Å². The number of pyridine rings is 1. The van der Waals surface area contributed by atoms with Crippen LogP contribution in [-0.2, 0) is 6.54 Å². The molecule has 0 saturated heterocycles. The molecule has 0 radical (unpaired) electrons. The normalized spacial score (nSPS) is 11.0. The molecule has 4 aromatic heterocycles. The van der Waals surface area contributed by atoms with Gasteiger partial charge in [0.2, 0.25) is 10.1 Å². The molecule has 1 N–H and O–H groups in total. The number of anilines is 1. The summed E-state index contributed by atoms with van der Waals surface area (Å²) in [6, 6.07) is 8.08. The Labute approximate surface area is 128 Å². The fourth-order valence-electron chi connectivity index (χ4n) is 2.04. The number of fused-ring (bicyclic) bond motifs is 1. The van der Waals surface area contributed by atoms with Crippen molar-refractivity contribution in [3.05, 3.63) is 53.8 Å².